The van der Waals surface area contributed by atoms with Crippen molar-refractivity contribution in [2.45, 2.75) is 31.7 Å². The smallest absolute Gasteiger partial charge is 0.306 e. The van der Waals surface area contributed by atoms with Crippen molar-refractivity contribution in [2.75, 3.05) is 13.2 Å². The number of carboxylic acid groups (broad SMARTS) is 1. The molecule has 0 unspecified atom stereocenters. The van der Waals surface area contributed by atoms with E-state index in [9.17, 15) is 9.59 Å². The fraction of sp³-hybridized carbons (Fsp3) is 0.667. The third kappa shape index (κ3) is 4.99. The minimum Gasteiger partial charge on any atom is -0.481 e. The molecule has 0 aromatic heterocycles. The molecule has 0 aliphatic heterocycles. The zero-order valence-electron chi connectivity index (χ0n) is 9.85. The number of hydrogen-bond acceptors (Lipinski definition) is 3. The summed E-state index contributed by atoms with van der Waals surface area (Å²) in [5.41, 5.74) is 0. The molecule has 1 aliphatic carbocycles. The summed E-state index contributed by atoms with van der Waals surface area (Å²) in [7, 11) is 0. The summed E-state index contributed by atoms with van der Waals surface area (Å²) in [6, 6.07) is 0.0395. The Labute approximate surface area is 101 Å². The first kappa shape index (κ1) is 13.7. The first-order valence-corrected chi connectivity index (χ1v) is 5.84. The zero-order valence-corrected chi connectivity index (χ0v) is 9.85. The maximum Gasteiger partial charge on any atom is 0.306 e. The Kier molecular flexibility index (Phi) is 5.69. The fourth-order valence-corrected chi connectivity index (χ4v) is 1.74. The van der Waals surface area contributed by atoms with E-state index in [1.165, 1.54) is 0 Å². The van der Waals surface area contributed by atoms with Crippen LogP contribution in [0.2, 0.25) is 0 Å². The monoisotopic (exact) mass is 241 g/mol. The van der Waals surface area contributed by atoms with E-state index in [1.54, 1.807) is 6.08 Å². The molecular formula is C12H19NO4. The Morgan fingerprint density at radius 3 is 2.76 bits per heavy atom. The Morgan fingerprint density at radius 2 is 2.18 bits per heavy atom. The summed E-state index contributed by atoms with van der Waals surface area (Å²) in [5.74, 6) is -1.08. The van der Waals surface area contributed by atoms with Gasteiger partial charge in [-0.15, -0.1) is 6.58 Å². The highest BCUT2D eigenvalue weighted by molar-refractivity contribution is 5.77. The molecule has 0 bridgehead atoms. The molecular weight excluding hydrogens is 222 g/mol. The van der Waals surface area contributed by atoms with Gasteiger partial charge in [-0.05, 0) is 19.3 Å². The lowest BCUT2D eigenvalue weighted by atomic mass is 9.80. The Morgan fingerprint density at radius 1 is 1.47 bits per heavy atom. The van der Waals surface area contributed by atoms with Gasteiger partial charge in [0.05, 0.1) is 12.5 Å². The molecule has 96 valence electrons. The summed E-state index contributed by atoms with van der Waals surface area (Å²) >= 11 is 0. The van der Waals surface area contributed by atoms with Crippen LogP contribution in [0.15, 0.2) is 12.7 Å². The van der Waals surface area contributed by atoms with Crippen LogP contribution in [0.3, 0.4) is 0 Å². The van der Waals surface area contributed by atoms with Crippen molar-refractivity contribution in [3.8, 4) is 0 Å². The van der Waals surface area contributed by atoms with Crippen molar-refractivity contribution in [3.63, 3.8) is 0 Å². The summed E-state index contributed by atoms with van der Waals surface area (Å²) < 4.78 is 5.15. The van der Waals surface area contributed by atoms with Crippen molar-refractivity contribution in [1.29, 1.82) is 0 Å². The lowest BCUT2D eigenvalue weighted by Crippen LogP contribution is -2.46. The van der Waals surface area contributed by atoms with Gasteiger partial charge in [-0.1, -0.05) is 6.08 Å². The molecule has 5 heteroatoms. The Balaban J connectivity index is 1.99. The molecule has 1 amide bonds. The quantitative estimate of drug-likeness (QED) is 0.490. The molecule has 5 nitrogen and oxygen atoms in total. The number of rotatable bonds is 8. The largest absolute Gasteiger partial charge is 0.481 e. The number of carboxylic acids is 1. The average molecular weight is 241 g/mol. The van der Waals surface area contributed by atoms with Gasteiger partial charge in [-0.3, -0.25) is 9.59 Å². The highest BCUT2D eigenvalue weighted by Crippen LogP contribution is 2.27. The molecule has 1 aliphatic rings. The van der Waals surface area contributed by atoms with Crippen molar-refractivity contribution >= 4 is 11.9 Å². The lowest BCUT2D eigenvalue weighted by Gasteiger charge is -2.32. The fourth-order valence-electron chi connectivity index (χ4n) is 1.74. The van der Waals surface area contributed by atoms with E-state index < -0.39 is 5.97 Å². The van der Waals surface area contributed by atoms with Crippen LogP contribution < -0.4 is 5.32 Å². The van der Waals surface area contributed by atoms with Crippen molar-refractivity contribution in [1.82, 2.24) is 5.32 Å². The number of hydrogen-bond donors (Lipinski definition) is 2. The predicted molar refractivity (Wildman–Crippen MR) is 62.5 cm³/mol. The SMILES string of the molecule is C=CCOCCCC(=O)NC1CC(C(=O)O)C1. The Hall–Kier alpha value is -1.36. The van der Waals surface area contributed by atoms with E-state index >= 15 is 0 Å². The Bertz CT molecular complexity index is 284. The average Bonchev–Trinajstić information content (AvgIpc) is 2.22. The van der Waals surface area contributed by atoms with E-state index in [0.717, 1.165) is 0 Å². The van der Waals surface area contributed by atoms with E-state index in [-0.39, 0.29) is 17.9 Å². The molecule has 0 heterocycles. The van der Waals surface area contributed by atoms with E-state index in [4.69, 9.17) is 9.84 Å². The zero-order chi connectivity index (χ0) is 12.7. The van der Waals surface area contributed by atoms with Crippen LogP contribution in [0.5, 0.6) is 0 Å². The van der Waals surface area contributed by atoms with Gasteiger partial charge in [-0.25, -0.2) is 0 Å². The number of ether oxygens (including phenoxy) is 1. The molecule has 2 N–H and O–H groups in total. The molecule has 1 fully saturated rings. The van der Waals surface area contributed by atoms with Gasteiger partial charge in [0.15, 0.2) is 0 Å². The van der Waals surface area contributed by atoms with Crippen LogP contribution in [-0.2, 0) is 14.3 Å². The first-order valence-electron chi connectivity index (χ1n) is 5.84. The van der Waals surface area contributed by atoms with E-state index in [2.05, 4.69) is 11.9 Å². The van der Waals surface area contributed by atoms with Crippen molar-refractivity contribution in [3.05, 3.63) is 12.7 Å². The minimum absolute atomic E-state index is 0.0268. The van der Waals surface area contributed by atoms with E-state index in [1.807, 2.05) is 0 Å². The van der Waals surface area contributed by atoms with E-state index in [0.29, 0.717) is 38.9 Å². The van der Waals surface area contributed by atoms with Crippen LogP contribution in [0, 0.1) is 5.92 Å². The van der Waals surface area contributed by atoms with Gasteiger partial charge in [0.2, 0.25) is 5.91 Å². The molecule has 17 heavy (non-hydrogen) atoms. The maximum absolute atomic E-state index is 11.4. The summed E-state index contributed by atoms with van der Waals surface area (Å²) in [6.45, 7) is 4.57. The van der Waals surface area contributed by atoms with Crippen LogP contribution in [-0.4, -0.2) is 36.2 Å². The van der Waals surface area contributed by atoms with Crippen molar-refractivity contribution < 1.29 is 19.4 Å². The second-order valence-corrected chi connectivity index (χ2v) is 4.24. The topological polar surface area (TPSA) is 75.6 Å². The number of nitrogens with one attached hydrogen (secondary N) is 1. The molecule has 1 rings (SSSR count). The van der Waals surface area contributed by atoms with Gasteiger partial charge in [0.25, 0.3) is 0 Å². The molecule has 0 aromatic rings. The van der Waals surface area contributed by atoms with Crippen LogP contribution >= 0.6 is 0 Å². The van der Waals surface area contributed by atoms with Crippen LogP contribution in [0.25, 0.3) is 0 Å². The highest BCUT2D eigenvalue weighted by Gasteiger charge is 2.34. The molecule has 0 aromatic carbocycles. The van der Waals surface area contributed by atoms with Gasteiger partial charge in [0, 0.05) is 19.1 Å². The first-order chi connectivity index (χ1) is 8.13. The molecule has 0 atom stereocenters. The lowest BCUT2D eigenvalue weighted by molar-refractivity contribution is -0.146. The maximum atomic E-state index is 11.4. The summed E-state index contributed by atoms with van der Waals surface area (Å²) in [4.78, 5) is 22.0. The van der Waals surface area contributed by atoms with Crippen LogP contribution in [0.1, 0.15) is 25.7 Å². The van der Waals surface area contributed by atoms with Gasteiger partial charge in [0.1, 0.15) is 0 Å². The molecule has 0 saturated heterocycles. The summed E-state index contributed by atoms with van der Waals surface area (Å²) in [5, 5.41) is 11.5. The molecule has 1 saturated carbocycles. The number of carbonyl (C=O) groups excluding carboxylic acids is 1. The van der Waals surface area contributed by atoms with Gasteiger partial charge in [-0.2, -0.15) is 0 Å². The second kappa shape index (κ2) is 7.06. The minimum atomic E-state index is -0.770. The number of amides is 1. The predicted octanol–water partition coefficient (Wildman–Crippen LogP) is 0.949. The third-order valence-corrected chi connectivity index (χ3v) is 2.78. The third-order valence-electron chi connectivity index (χ3n) is 2.78. The highest BCUT2D eigenvalue weighted by atomic mass is 16.5. The summed E-state index contributed by atoms with van der Waals surface area (Å²) in [6.07, 6.45) is 3.86. The molecule has 0 spiro atoms. The number of aliphatic carboxylic acids is 1. The normalized spacial score (nSPS) is 22.6. The standard InChI is InChI=1S/C12H19NO4/c1-2-5-17-6-3-4-11(14)13-10-7-9(8-10)12(15)16/h2,9-10H,1,3-8H2,(H,13,14)(H,15,16). The van der Waals surface area contributed by atoms with Gasteiger partial charge >= 0.3 is 5.97 Å². The van der Waals surface area contributed by atoms with Crippen molar-refractivity contribution in [2.24, 2.45) is 5.92 Å². The second-order valence-electron chi connectivity index (χ2n) is 4.24. The van der Waals surface area contributed by atoms with Gasteiger partial charge < -0.3 is 15.2 Å². The van der Waals surface area contributed by atoms with Crippen LogP contribution in [0.4, 0.5) is 0 Å². The molecule has 0 radical (unpaired) electrons. The number of carbonyl (C=O) groups is 2.